The van der Waals surface area contributed by atoms with Gasteiger partial charge in [-0.1, -0.05) is 244 Å². The van der Waals surface area contributed by atoms with Crippen LogP contribution in [0.1, 0.15) is 256 Å². The zero-order valence-electron chi connectivity index (χ0n) is 34.7. The van der Waals surface area contributed by atoms with Crippen molar-refractivity contribution in [1.29, 1.82) is 0 Å². The van der Waals surface area contributed by atoms with Crippen molar-refractivity contribution in [2.24, 2.45) is 0 Å². The van der Waals surface area contributed by atoms with E-state index in [4.69, 9.17) is 0 Å². The molecule has 294 valence electrons. The van der Waals surface area contributed by atoms with Crippen molar-refractivity contribution in [3.63, 3.8) is 0 Å². The first-order valence-electron chi connectivity index (χ1n) is 22.6. The molecule has 0 saturated heterocycles. The molecular formula is C46H85NaO3S. The maximum atomic E-state index is 12.1. The van der Waals surface area contributed by atoms with E-state index in [0.717, 1.165) is 36.8 Å². The molecule has 3 nitrogen and oxygen atoms in total. The van der Waals surface area contributed by atoms with Gasteiger partial charge in [0.15, 0.2) is 0 Å². The Bertz CT molecular complexity index is 963. The topological polar surface area (TPSA) is 57.2 Å². The minimum Gasteiger partial charge on any atom is -0.744 e. The molecule has 0 N–H and O–H groups in total. The Labute approximate surface area is 342 Å². The van der Waals surface area contributed by atoms with Gasteiger partial charge >= 0.3 is 29.6 Å². The van der Waals surface area contributed by atoms with Crippen LogP contribution < -0.4 is 29.6 Å². The van der Waals surface area contributed by atoms with Crippen LogP contribution in [0.3, 0.4) is 0 Å². The Morgan fingerprint density at radius 2 is 0.647 bits per heavy atom. The molecule has 51 heavy (non-hydrogen) atoms. The van der Waals surface area contributed by atoms with Crippen LogP contribution in [-0.2, 0) is 23.0 Å². The van der Waals surface area contributed by atoms with Crippen LogP contribution in [0, 0.1) is 0 Å². The molecule has 0 fully saturated rings. The van der Waals surface area contributed by atoms with Gasteiger partial charge in [0, 0.05) is 0 Å². The van der Waals surface area contributed by atoms with E-state index in [1.54, 1.807) is 6.07 Å². The Hall–Kier alpha value is 0.130. The molecule has 0 saturated carbocycles. The molecule has 1 aromatic carbocycles. The third-order valence-corrected chi connectivity index (χ3v) is 12.0. The summed E-state index contributed by atoms with van der Waals surface area (Å²) in [7, 11) is -4.44. The van der Waals surface area contributed by atoms with Crippen molar-refractivity contribution in [3.05, 3.63) is 29.3 Å². The molecule has 0 amide bonds. The molecular weight excluding hydrogens is 656 g/mol. The van der Waals surface area contributed by atoms with Crippen molar-refractivity contribution >= 4 is 10.1 Å². The number of rotatable bonds is 39. The van der Waals surface area contributed by atoms with E-state index in [1.165, 1.54) is 218 Å². The Morgan fingerprint density at radius 3 is 0.922 bits per heavy atom. The fraction of sp³-hybridized carbons (Fsp3) is 0.870. The van der Waals surface area contributed by atoms with Gasteiger partial charge in [0.25, 0.3) is 0 Å². The van der Waals surface area contributed by atoms with Gasteiger partial charge in [0.1, 0.15) is 10.1 Å². The average molecular weight is 741 g/mol. The zero-order valence-corrected chi connectivity index (χ0v) is 37.6. The summed E-state index contributed by atoms with van der Waals surface area (Å²) in [6.07, 6.45) is 50.2. The second-order valence-electron chi connectivity index (χ2n) is 15.9. The quantitative estimate of drug-likeness (QED) is 0.0384. The molecule has 0 heterocycles. The van der Waals surface area contributed by atoms with Gasteiger partial charge in [-0.25, -0.2) is 8.42 Å². The first-order chi connectivity index (χ1) is 24.5. The van der Waals surface area contributed by atoms with Crippen LogP contribution in [-0.4, -0.2) is 13.0 Å². The normalized spacial score (nSPS) is 11.7. The summed E-state index contributed by atoms with van der Waals surface area (Å²) in [5, 5.41) is 0. The standard InChI is InChI=1S/C46H86O3S.Na/c1-3-5-7-9-11-13-15-17-19-21-23-25-27-29-31-33-35-37-40-44-41-39-43-46(50(47,48)49)45(44)42-38-36-34-32-30-28-26-24-22-20-18-16-14-12-10-8-6-4-2;/h39,41,43H,3-38,40,42H2,1-2H3,(H,47,48,49);/q;+1/p-1. The number of hydrogen-bond acceptors (Lipinski definition) is 3. The van der Waals surface area contributed by atoms with Gasteiger partial charge < -0.3 is 4.55 Å². The average Bonchev–Trinajstić information content (AvgIpc) is 3.10. The van der Waals surface area contributed by atoms with Crippen LogP contribution in [0.2, 0.25) is 0 Å². The molecule has 0 atom stereocenters. The van der Waals surface area contributed by atoms with Crippen LogP contribution in [0.4, 0.5) is 0 Å². The van der Waals surface area contributed by atoms with Gasteiger partial charge in [-0.2, -0.15) is 0 Å². The van der Waals surface area contributed by atoms with Crippen molar-refractivity contribution in [2.75, 3.05) is 0 Å². The number of hydrogen-bond donors (Lipinski definition) is 0. The van der Waals surface area contributed by atoms with Crippen molar-refractivity contribution in [2.45, 2.75) is 263 Å². The minimum atomic E-state index is -4.44. The summed E-state index contributed by atoms with van der Waals surface area (Å²) in [6.45, 7) is 4.57. The molecule has 0 spiro atoms. The third kappa shape index (κ3) is 32.1. The van der Waals surface area contributed by atoms with Crippen molar-refractivity contribution in [1.82, 2.24) is 0 Å². The monoisotopic (exact) mass is 741 g/mol. The fourth-order valence-electron chi connectivity index (χ4n) is 7.78. The molecule has 0 aliphatic carbocycles. The molecule has 0 radical (unpaired) electrons. The molecule has 0 bridgehead atoms. The number of unbranched alkanes of at least 4 members (excludes halogenated alkanes) is 34. The van der Waals surface area contributed by atoms with E-state index >= 15 is 0 Å². The van der Waals surface area contributed by atoms with E-state index in [1.807, 2.05) is 0 Å². The van der Waals surface area contributed by atoms with Gasteiger partial charge in [-0.15, -0.1) is 0 Å². The first-order valence-corrected chi connectivity index (χ1v) is 24.0. The van der Waals surface area contributed by atoms with Crippen LogP contribution in [0.5, 0.6) is 0 Å². The summed E-state index contributed by atoms with van der Waals surface area (Å²) in [5.74, 6) is 0. The van der Waals surface area contributed by atoms with Crippen LogP contribution in [0.25, 0.3) is 0 Å². The number of benzene rings is 1. The Kier molecular flexibility index (Phi) is 38.5. The molecule has 0 aliphatic rings. The maximum absolute atomic E-state index is 12.1. The van der Waals surface area contributed by atoms with Gasteiger partial charge in [-0.3, -0.25) is 0 Å². The number of aryl methyl sites for hydroxylation is 1. The molecule has 0 aromatic heterocycles. The van der Waals surface area contributed by atoms with E-state index in [0.29, 0.717) is 6.42 Å². The first kappa shape index (κ1) is 51.1. The van der Waals surface area contributed by atoms with Gasteiger partial charge in [0.05, 0.1) is 4.90 Å². The third-order valence-electron chi connectivity index (χ3n) is 11.1. The molecule has 0 aliphatic heterocycles. The van der Waals surface area contributed by atoms with Crippen LogP contribution >= 0.6 is 0 Å². The minimum absolute atomic E-state index is 0. The smallest absolute Gasteiger partial charge is 0.744 e. The van der Waals surface area contributed by atoms with Crippen molar-refractivity contribution in [3.8, 4) is 0 Å². The van der Waals surface area contributed by atoms with E-state index in [9.17, 15) is 13.0 Å². The van der Waals surface area contributed by atoms with E-state index in [-0.39, 0.29) is 34.5 Å². The Morgan fingerprint density at radius 1 is 0.392 bits per heavy atom. The summed E-state index contributed by atoms with van der Waals surface area (Å²) in [5.41, 5.74) is 1.90. The predicted molar refractivity (Wildman–Crippen MR) is 219 cm³/mol. The Balaban J connectivity index is 0.0000250. The second-order valence-corrected chi connectivity index (χ2v) is 17.2. The maximum Gasteiger partial charge on any atom is 1.00 e. The SMILES string of the molecule is CCCCCCCCCCCCCCCCCCCCc1cccc(S(=O)(=O)[O-])c1CCCCCCCCCCCCCCCCCCCC.[Na+]. The van der Waals surface area contributed by atoms with E-state index < -0.39 is 10.1 Å². The van der Waals surface area contributed by atoms with Gasteiger partial charge in [-0.05, 0) is 42.9 Å². The molecule has 5 heteroatoms. The van der Waals surface area contributed by atoms with Gasteiger partial charge in [0.2, 0.25) is 0 Å². The predicted octanol–water partition coefficient (Wildman–Crippen LogP) is 12.8. The second kappa shape index (κ2) is 38.4. The largest absolute Gasteiger partial charge is 1.00 e. The zero-order chi connectivity index (χ0) is 36.2. The van der Waals surface area contributed by atoms with Crippen LogP contribution in [0.15, 0.2) is 23.1 Å². The summed E-state index contributed by atoms with van der Waals surface area (Å²) < 4.78 is 36.3. The summed E-state index contributed by atoms with van der Waals surface area (Å²) in [4.78, 5) is 0.0318. The molecule has 1 aromatic rings. The van der Waals surface area contributed by atoms with E-state index in [2.05, 4.69) is 19.9 Å². The summed E-state index contributed by atoms with van der Waals surface area (Å²) >= 11 is 0. The molecule has 1 rings (SSSR count). The fourth-order valence-corrected chi connectivity index (χ4v) is 8.56. The summed E-state index contributed by atoms with van der Waals surface area (Å²) in [6, 6.07) is 5.37. The molecule has 0 unspecified atom stereocenters. The van der Waals surface area contributed by atoms with Crippen molar-refractivity contribution < 1.29 is 42.5 Å².